The molecule has 0 saturated carbocycles. The molecule has 1 aromatic carbocycles. The predicted molar refractivity (Wildman–Crippen MR) is 73.6 cm³/mol. The number of benzene rings is 1. The van der Waals surface area contributed by atoms with Crippen molar-refractivity contribution >= 4 is 5.91 Å². The molecular weight excluding hydrogens is 245 g/mol. The molecule has 0 aromatic heterocycles. The van der Waals surface area contributed by atoms with Crippen LogP contribution in [0, 0.1) is 5.82 Å². The Kier molecular flexibility index (Phi) is 6.06. The minimum absolute atomic E-state index is 0.0834. The zero-order valence-electron chi connectivity index (χ0n) is 11.6. The lowest BCUT2D eigenvalue weighted by Crippen LogP contribution is -2.25. The average Bonchev–Trinajstić information content (AvgIpc) is 2.38. The largest absolute Gasteiger partial charge is 0.491 e. The standard InChI is InChI=1S/C15H20FNO2/c1-4-6-7-15(18)17-11(3)12-8-9-14(19-5-2)13(16)10-12/h4,6,8-11H,5,7H2,1-3H3,(H,17,18)/b6-4+/t11-/m0/s1. The lowest BCUT2D eigenvalue weighted by atomic mass is 10.1. The van der Waals surface area contributed by atoms with E-state index in [0.717, 1.165) is 5.56 Å². The molecule has 0 radical (unpaired) electrons. The first-order valence-corrected chi connectivity index (χ1v) is 6.41. The summed E-state index contributed by atoms with van der Waals surface area (Å²) in [6.45, 7) is 5.91. The number of carbonyl (C=O) groups is 1. The van der Waals surface area contributed by atoms with E-state index < -0.39 is 5.82 Å². The fourth-order valence-corrected chi connectivity index (χ4v) is 1.67. The Morgan fingerprint density at radius 1 is 1.53 bits per heavy atom. The lowest BCUT2D eigenvalue weighted by molar-refractivity contribution is -0.120. The zero-order chi connectivity index (χ0) is 14.3. The van der Waals surface area contributed by atoms with Crippen molar-refractivity contribution in [3.8, 4) is 5.75 Å². The number of halogens is 1. The molecule has 0 aliphatic heterocycles. The second-order valence-electron chi connectivity index (χ2n) is 4.19. The normalized spacial score (nSPS) is 12.4. The summed E-state index contributed by atoms with van der Waals surface area (Å²) in [6.07, 6.45) is 3.93. The molecule has 1 N–H and O–H groups in total. The second-order valence-corrected chi connectivity index (χ2v) is 4.19. The summed E-state index contributed by atoms with van der Waals surface area (Å²) in [5.74, 6) is -0.257. The van der Waals surface area contributed by atoms with Crippen molar-refractivity contribution in [2.45, 2.75) is 33.2 Å². The third kappa shape index (κ3) is 4.73. The zero-order valence-corrected chi connectivity index (χ0v) is 11.6. The molecule has 0 aliphatic carbocycles. The van der Waals surface area contributed by atoms with Gasteiger partial charge in [0.25, 0.3) is 0 Å². The number of hydrogen-bond donors (Lipinski definition) is 1. The Morgan fingerprint density at radius 3 is 2.84 bits per heavy atom. The number of allylic oxidation sites excluding steroid dienone is 1. The molecule has 0 spiro atoms. The summed E-state index contributed by atoms with van der Waals surface area (Å²) in [7, 11) is 0. The van der Waals surface area contributed by atoms with Gasteiger partial charge in [0, 0.05) is 6.42 Å². The Bertz CT molecular complexity index is 457. The second kappa shape index (κ2) is 7.56. The van der Waals surface area contributed by atoms with Crippen LogP contribution in [0.2, 0.25) is 0 Å². The van der Waals surface area contributed by atoms with Crippen LogP contribution in [0.4, 0.5) is 4.39 Å². The molecule has 0 unspecified atom stereocenters. The molecule has 0 aliphatic rings. The molecule has 0 heterocycles. The summed E-state index contributed by atoms with van der Waals surface area (Å²) in [5, 5.41) is 2.81. The molecule has 104 valence electrons. The van der Waals surface area contributed by atoms with Gasteiger partial charge in [0.1, 0.15) is 0 Å². The molecule has 0 saturated heterocycles. The minimum Gasteiger partial charge on any atom is -0.491 e. The molecule has 1 atom stereocenters. The van der Waals surface area contributed by atoms with Crippen LogP contribution in [0.15, 0.2) is 30.4 Å². The van der Waals surface area contributed by atoms with Crippen molar-refractivity contribution in [1.82, 2.24) is 5.32 Å². The van der Waals surface area contributed by atoms with Crippen LogP contribution < -0.4 is 10.1 Å². The van der Waals surface area contributed by atoms with Gasteiger partial charge in [-0.3, -0.25) is 4.79 Å². The lowest BCUT2D eigenvalue weighted by Gasteiger charge is -2.15. The van der Waals surface area contributed by atoms with Crippen LogP contribution in [0.5, 0.6) is 5.75 Å². The molecule has 1 amide bonds. The van der Waals surface area contributed by atoms with Gasteiger partial charge in [-0.15, -0.1) is 0 Å². The van der Waals surface area contributed by atoms with Gasteiger partial charge in [0.2, 0.25) is 5.91 Å². The van der Waals surface area contributed by atoms with Crippen molar-refractivity contribution in [3.63, 3.8) is 0 Å². The predicted octanol–water partition coefficient (Wildman–Crippen LogP) is 3.37. The maximum atomic E-state index is 13.7. The van der Waals surface area contributed by atoms with Crippen LogP contribution in [-0.2, 0) is 4.79 Å². The monoisotopic (exact) mass is 265 g/mol. The molecule has 0 bridgehead atoms. The number of ether oxygens (including phenoxy) is 1. The van der Waals surface area contributed by atoms with Gasteiger partial charge >= 0.3 is 0 Å². The highest BCUT2D eigenvalue weighted by Crippen LogP contribution is 2.22. The van der Waals surface area contributed by atoms with Crippen molar-refractivity contribution in [2.75, 3.05) is 6.61 Å². The number of rotatable bonds is 6. The van der Waals surface area contributed by atoms with Gasteiger partial charge in [-0.05, 0) is 38.5 Å². The van der Waals surface area contributed by atoms with E-state index in [9.17, 15) is 9.18 Å². The summed E-state index contributed by atoms with van der Waals surface area (Å²) in [4.78, 5) is 11.6. The van der Waals surface area contributed by atoms with Gasteiger partial charge in [-0.2, -0.15) is 0 Å². The summed E-state index contributed by atoms with van der Waals surface area (Å²) in [5.41, 5.74) is 0.717. The van der Waals surface area contributed by atoms with E-state index in [1.165, 1.54) is 6.07 Å². The molecular formula is C15H20FNO2. The number of carbonyl (C=O) groups excluding carboxylic acids is 1. The van der Waals surface area contributed by atoms with Gasteiger partial charge < -0.3 is 10.1 Å². The van der Waals surface area contributed by atoms with Crippen molar-refractivity contribution in [2.24, 2.45) is 0 Å². The van der Waals surface area contributed by atoms with E-state index >= 15 is 0 Å². The first kappa shape index (κ1) is 15.2. The van der Waals surface area contributed by atoms with Crippen LogP contribution in [0.1, 0.15) is 38.8 Å². The van der Waals surface area contributed by atoms with Gasteiger partial charge in [0.15, 0.2) is 11.6 Å². The van der Waals surface area contributed by atoms with Gasteiger partial charge in [0.05, 0.1) is 12.6 Å². The van der Waals surface area contributed by atoms with Crippen LogP contribution in [0.25, 0.3) is 0 Å². The molecule has 1 aromatic rings. The summed E-state index contributed by atoms with van der Waals surface area (Å²) in [6, 6.07) is 4.51. The van der Waals surface area contributed by atoms with Crippen molar-refractivity contribution in [1.29, 1.82) is 0 Å². The number of amides is 1. The quantitative estimate of drug-likeness (QED) is 0.801. The number of hydrogen-bond acceptors (Lipinski definition) is 2. The van der Waals surface area contributed by atoms with Crippen LogP contribution >= 0.6 is 0 Å². The van der Waals surface area contributed by atoms with Crippen LogP contribution in [0.3, 0.4) is 0 Å². The Hall–Kier alpha value is -1.84. The topological polar surface area (TPSA) is 38.3 Å². The third-order valence-corrected chi connectivity index (χ3v) is 2.67. The maximum Gasteiger partial charge on any atom is 0.224 e. The minimum atomic E-state index is -0.408. The molecule has 19 heavy (non-hydrogen) atoms. The Labute approximate surface area is 113 Å². The van der Waals surface area contributed by atoms with Crippen molar-refractivity contribution < 1.29 is 13.9 Å². The maximum absolute atomic E-state index is 13.7. The fourth-order valence-electron chi connectivity index (χ4n) is 1.67. The first-order valence-electron chi connectivity index (χ1n) is 6.41. The van der Waals surface area contributed by atoms with Gasteiger partial charge in [-0.1, -0.05) is 18.2 Å². The average molecular weight is 265 g/mol. The third-order valence-electron chi connectivity index (χ3n) is 2.67. The molecule has 4 heteroatoms. The van der Waals surface area contributed by atoms with E-state index in [1.807, 2.05) is 19.9 Å². The molecule has 0 fully saturated rings. The summed E-state index contributed by atoms with van der Waals surface area (Å²) >= 11 is 0. The van der Waals surface area contributed by atoms with Gasteiger partial charge in [-0.25, -0.2) is 4.39 Å². The molecule has 1 rings (SSSR count). The number of nitrogens with one attached hydrogen (secondary N) is 1. The van der Waals surface area contributed by atoms with E-state index in [-0.39, 0.29) is 17.7 Å². The van der Waals surface area contributed by atoms with E-state index in [4.69, 9.17) is 4.74 Å². The Balaban J connectivity index is 2.69. The highest BCUT2D eigenvalue weighted by atomic mass is 19.1. The highest BCUT2D eigenvalue weighted by molar-refractivity contribution is 5.77. The first-order chi connectivity index (χ1) is 9.08. The smallest absolute Gasteiger partial charge is 0.224 e. The van der Waals surface area contributed by atoms with Crippen molar-refractivity contribution in [3.05, 3.63) is 41.7 Å². The van der Waals surface area contributed by atoms with Crippen LogP contribution in [-0.4, -0.2) is 12.5 Å². The SMILES string of the molecule is C/C=C/CC(=O)N[C@@H](C)c1ccc(OCC)c(F)c1. The summed E-state index contributed by atoms with van der Waals surface area (Å²) < 4.78 is 18.8. The van der Waals surface area contributed by atoms with E-state index in [2.05, 4.69) is 5.32 Å². The van der Waals surface area contributed by atoms with E-state index in [0.29, 0.717) is 13.0 Å². The highest BCUT2D eigenvalue weighted by Gasteiger charge is 2.11. The molecule has 3 nitrogen and oxygen atoms in total. The Morgan fingerprint density at radius 2 is 2.26 bits per heavy atom. The fraction of sp³-hybridized carbons (Fsp3) is 0.400. The van der Waals surface area contributed by atoms with E-state index in [1.54, 1.807) is 25.1 Å².